The number of pyridine rings is 1. The van der Waals surface area contributed by atoms with Crippen LogP contribution in [0.1, 0.15) is 37.4 Å². The van der Waals surface area contributed by atoms with Crippen LogP contribution in [0.4, 0.5) is 11.5 Å². The van der Waals surface area contributed by atoms with Gasteiger partial charge in [-0.25, -0.2) is 14.5 Å². The van der Waals surface area contributed by atoms with Crippen LogP contribution in [-0.2, 0) is 4.79 Å². The highest BCUT2D eigenvalue weighted by molar-refractivity contribution is 5.92. The molecule has 34 heavy (non-hydrogen) atoms. The number of nitrogens with zero attached hydrogens (tertiary/aromatic N) is 5. The van der Waals surface area contributed by atoms with Gasteiger partial charge in [-0.3, -0.25) is 9.78 Å². The molecule has 6 rings (SSSR count). The molecular weight excluding hydrogens is 428 g/mol. The van der Waals surface area contributed by atoms with E-state index in [1.807, 2.05) is 34.8 Å². The Bertz CT molecular complexity index is 1450. The molecule has 4 aromatic heterocycles. The van der Waals surface area contributed by atoms with Crippen LogP contribution in [0.25, 0.3) is 27.8 Å². The molecule has 0 atom stereocenters. The first-order chi connectivity index (χ1) is 16.7. The molecule has 0 saturated heterocycles. The summed E-state index contributed by atoms with van der Waals surface area (Å²) >= 11 is 0. The third kappa shape index (κ3) is 3.55. The van der Waals surface area contributed by atoms with Gasteiger partial charge in [0.25, 0.3) is 0 Å². The zero-order valence-electron chi connectivity index (χ0n) is 18.5. The average molecular weight is 453 g/mol. The Morgan fingerprint density at radius 3 is 2.76 bits per heavy atom. The molecule has 5 aromatic rings. The second-order valence-electron chi connectivity index (χ2n) is 8.77. The lowest BCUT2D eigenvalue weighted by atomic mass is 9.81. The molecule has 1 amide bonds. The van der Waals surface area contributed by atoms with Crippen molar-refractivity contribution in [2.45, 2.75) is 31.6 Å². The molecule has 0 radical (unpaired) electrons. The molecule has 0 spiro atoms. The number of amides is 1. The van der Waals surface area contributed by atoms with Crippen LogP contribution in [0.15, 0.2) is 61.2 Å². The maximum absolute atomic E-state index is 12.7. The number of H-pyrrole nitrogens is 1. The van der Waals surface area contributed by atoms with Gasteiger partial charge in [-0.15, -0.1) is 0 Å². The number of hydrogen-bond acceptors (Lipinski definition) is 6. The van der Waals surface area contributed by atoms with E-state index in [1.165, 1.54) is 6.33 Å². The number of nitrogens with one attached hydrogen (secondary N) is 2. The maximum atomic E-state index is 12.7. The highest BCUT2D eigenvalue weighted by Gasteiger charge is 2.31. The first kappa shape index (κ1) is 20.3. The fourth-order valence-corrected chi connectivity index (χ4v) is 4.92. The summed E-state index contributed by atoms with van der Waals surface area (Å²) in [6.45, 7) is 0. The van der Waals surface area contributed by atoms with Crippen LogP contribution < -0.4 is 11.1 Å². The molecular formula is C25H24N8O. The van der Waals surface area contributed by atoms with Gasteiger partial charge < -0.3 is 16.0 Å². The Hall–Kier alpha value is -4.27. The molecule has 1 aromatic carbocycles. The quantitative estimate of drug-likeness (QED) is 0.376. The lowest BCUT2D eigenvalue weighted by Crippen LogP contribution is -2.27. The van der Waals surface area contributed by atoms with Crippen molar-refractivity contribution in [2.75, 3.05) is 11.1 Å². The Morgan fingerprint density at radius 1 is 1.12 bits per heavy atom. The number of anilines is 2. The second kappa shape index (κ2) is 8.26. The fraction of sp³-hybridized carbons (Fsp3) is 0.240. The Labute approximate surface area is 195 Å². The molecule has 0 bridgehead atoms. The van der Waals surface area contributed by atoms with Gasteiger partial charge in [0.1, 0.15) is 23.4 Å². The number of rotatable bonds is 4. The molecule has 4 N–H and O–H groups in total. The van der Waals surface area contributed by atoms with Gasteiger partial charge in [0.2, 0.25) is 5.91 Å². The molecule has 9 heteroatoms. The smallest absolute Gasteiger partial charge is 0.227 e. The molecule has 170 valence electrons. The van der Waals surface area contributed by atoms with Crippen molar-refractivity contribution in [2.24, 2.45) is 5.92 Å². The lowest BCUT2D eigenvalue weighted by Gasteiger charge is -2.26. The number of hydrogen-bond donors (Lipinski definition) is 3. The third-order valence-corrected chi connectivity index (χ3v) is 6.66. The van der Waals surface area contributed by atoms with E-state index in [4.69, 9.17) is 10.7 Å². The molecule has 1 aliphatic carbocycles. The van der Waals surface area contributed by atoms with Crippen molar-refractivity contribution >= 4 is 33.8 Å². The summed E-state index contributed by atoms with van der Waals surface area (Å²) in [5, 5.41) is 8.58. The predicted octanol–water partition coefficient (Wildman–Crippen LogP) is 4.16. The average Bonchev–Trinajstić information content (AvgIpc) is 3.47. The summed E-state index contributed by atoms with van der Waals surface area (Å²) in [7, 11) is 0. The maximum Gasteiger partial charge on any atom is 0.227 e. The molecule has 9 nitrogen and oxygen atoms in total. The van der Waals surface area contributed by atoms with Gasteiger partial charge in [-0.1, -0.05) is 18.2 Å². The first-order valence-corrected chi connectivity index (χ1v) is 11.5. The first-order valence-electron chi connectivity index (χ1n) is 11.5. The molecule has 1 saturated carbocycles. The molecule has 4 heterocycles. The number of imidazole rings is 1. The van der Waals surface area contributed by atoms with E-state index in [0.717, 1.165) is 59.5 Å². The SMILES string of the molecule is Nc1ncnn2c(C3CCC(C(=O)Nc4cccnc4)CC3)nc(-c3cc4ccccc4[nH]3)c12. The zero-order chi connectivity index (χ0) is 23.1. The van der Waals surface area contributed by atoms with E-state index in [9.17, 15) is 4.79 Å². The Balaban J connectivity index is 1.28. The largest absolute Gasteiger partial charge is 0.382 e. The van der Waals surface area contributed by atoms with Gasteiger partial charge in [0.15, 0.2) is 5.82 Å². The van der Waals surface area contributed by atoms with Crippen molar-refractivity contribution in [1.82, 2.24) is 29.5 Å². The normalized spacial score (nSPS) is 18.4. The van der Waals surface area contributed by atoms with Gasteiger partial charge in [-0.05, 0) is 49.9 Å². The van der Waals surface area contributed by atoms with Crippen LogP contribution >= 0.6 is 0 Å². The summed E-state index contributed by atoms with van der Waals surface area (Å²) in [5.41, 5.74) is 10.4. The summed E-state index contributed by atoms with van der Waals surface area (Å²) in [4.78, 5) is 29.5. The molecule has 1 aliphatic rings. The van der Waals surface area contributed by atoms with E-state index >= 15 is 0 Å². The number of aromatic amines is 1. The van der Waals surface area contributed by atoms with Crippen molar-refractivity contribution in [3.63, 3.8) is 0 Å². The molecule has 0 aliphatic heterocycles. The number of nitrogens with two attached hydrogens (primary N) is 1. The minimum absolute atomic E-state index is 0.0319. The van der Waals surface area contributed by atoms with Crippen molar-refractivity contribution < 1.29 is 4.79 Å². The molecule has 0 unspecified atom stereocenters. The molecule has 1 fully saturated rings. The van der Waals surface area contributed by atoms with Crippen LogP contribution in [0, 0.1) is 5.92 Å². The summed E-state index contributed by atoms with van der Waals surface area (Å²) < 4.78 is 1.82. The van der Waals surface area contributed by atoms with E-state index < -0.39 is 0 Å². The number of fused-ring (bicyclic) bond motifs is 2. The van der Waals surface area contributed by atoms with Gasteiger partial charge >= 0.3 is 0 Å². The second-order valence-corrected chi connectivity index (χ2v) is 8.77. The number of nitrogen functional groups attached to an aromatic ring is 1. The summed E-state index contributed by atoms with van der Waals surface area (Å²) in [6, 6.07) is 13.9. The van der Waals surface area contributed by atoms with Crippen LogP contribution in [0.5, 0.6) is 0 Å². The zero-order valence-corrected chi connectivity index (χ0v) is 18.5. The topological polar surface area (TPSA) is 127 Å². The van der Waals surface area contributed by atoms with Gasteiger partial charge in [-0.2, -0.15) is 5.10 Å². The minimum atomic E-state index is -0.0319. The van der Waals surface area contributed by atoms with E-state index in [1.54, 1.807) is 12.4 Å². The van der Waals surface area contributed by atoms with Crippen LogP contribution in [0.2, 0.25) is 0 Å². The highest BCUT2D eigenvalue weighted by Crippen LogP contribution is 2.38. The van der Waals surface area contributed by atoms with E-state index in [0.29, 0.717) is 11.3 Å². The van der Waals surface area contributed by atoms with E-state index in [-0.39, 0.29) is 17.7 Å². The van der Waals surface area contributed by atoms with E-state index in [2.05, 4.69) is 37.5 Å². The van der Waals surface area contributed by atoms with Crippen molar-refractivity contribution in [3.8, 4) is 11.4 Å². The van der Waals surface area contributed by atoms with Crippen LogP contribution in [0.3, 0.4) is 0 Å². The third-order valence-electron chi connectivity index (χ3n) is 6.66. The number of para-hydroxylation sites is 1. The van der Waals surface area contributed by atoms with Crippen molar-refractivity contribution in [1.29, 1.82) is 0 Å². The standard InChI is InChI=1S/C25H24N8O/c26-23-22-21(20-12-17-4-1-2-6-19(17)31-20)32-24(33(22)29-14-28-23)15-7-9-16(10-8-15)25(34)30-18-5-3-11-27-13-18/h1-6,11-16,31H,7-10H2,(H,30,34)(H2,26,28,29). The highest BCUT2D eigenvalue weighted by atomic mass is 16.1. The summed E-state index contributed by atoms with van der Waals surface area (Å²) in [5.74, 6) is 1.46. The number of carbonyl (C=O) groups excluding carboxylic acids is 1. The van der Waals surface area contributed by atoms with Gasteiger partial charge in [0, 0.05) is 28.9 Å². The number of benzene rings is 1. The lowest BCUT2D eigenvalue weighted by molar-refractivity contribution is -0.120. The van der Waals surface area contributed by atoms with Crippen molar-refractivity contribution in [3.05, 3.63) is 67.0 Å². The summed E-state index contributed by atoms with van der Waals surface area (Å²) in [6.07, 6.45) is 8.09. The fourth-order valence-electron chi connectivity index (χ4n) is 4.92. The monoisotopic (exact) mass is 452 g/mol. The minimum Gasteiger partial charge on any atom is -0.382 e. The number of carbonyl (C=O) groups is 1. The Morgan fingerprint density at radius 2 is 1.97 bits per heavy atom. The number of aromatic nitrogens is 6. The van der Waals surface area contributed by atoms with Gasteiger partial charge in [0.05, 0.1) is 17.6 Å². The van der Waals surface area contributed by atoms with Crippen LogP contribution in [-0.4, -0.2) is 35.5 Å². The Kier molecular flexibility index (Phi) is 4.94. The predicted molar refractivity (Wildman–Crippen MR) is 130 cm³/mol.